The van der Waals surface area contributed by atoms with Crippen LogP contribution < -0.4 is 11.1 Å². The zero-order valence-electron chi connectivity index (χ0n) is 13.1. The second-order valence-corrected chi connectivity index (χ2v) is 5.72. The van der Waals surface area contributed by atoms with Crippen LogP contribution in [0.15, 0.2) is 0 Å². The lowest BCUT2D eigenvalue weighted by atomic mass is 9.94. The first-order valence-electron chi connectivity index (χ1n) is 7.79. The zero-order chi connectivity index (χ0) is 15.8. The molecule has 2 atom stereocenters. The first-order valence-corrected chi connectivity index (χ1v) is 7.79. The Kier molecular flexibility index (Phi) is 7.36. The number of likely N-dealkylation sites (N-methyl/N-ethyl adjacent to an activating group) is 1. The van der Waals surface area contributed by atoms with Crippen molar-refractivity contribution < 1.29 is 14.4 Å². The summed E-state index contributed by atoms with van der Waals surface area (Å²) in [7, 11) is 1.46. The smallest absolute Gasteiger partial charge is 0.251 e. The van der Waals surface area contributed by atoms with E-state index in [4.69, 9.17) is 5.73 Å². The van der Waals surface area contributed by atoms with Crippen molar-refractivity contribution in [3.05, 3.63) is 0 Å². The van der Waals surface area contributed by atoms with Crippen LogP contribution >= 0.6 is 0 Å². The van der Waals surface area contributed by atoms with Gasteiger partial charge in [-0.3, -0.25) is 19.3 Å². The second-order valence-electron chi connectivity index (χ2n) is 5.72. The van der Waals surface area contributed by atoms with Crippen molar-refractivity contribution in [2.24, 2.45) is 11.7 Å². The van der Waals surface area contributed by atoms with Gasteiger partial charge in [0.05, 0.1) is 0 Å². The van der Waals surface area contributed by atoms with Gasteiger partial charge < -0.3 is 11.1 Å². The first kappa shape index (κ1) is 17.6. The van der Waals surface area contributed by atoms with Gasteiger partial charge in [-0.25, -0.2) is 0 Å². The van der Waals surface area contributed by atoms with Crippen LogP contribution in [0.5, 0.6) is 0 Å². The van der Waals surface area contributed by atoms with Gasteiger partial charge in [-0.15, -0.1) is 0 Å². The van der Waals surface area contributed by atoms with Crippen LogP contribution in [0.2, 0.25) is 0 Å². The predicted octanol–water partition coefficient (Wildman–Crippen LogP) is 0.795. The van der Waals surface area contributed by atoms with Crippen LogP contribution in [-0.4, -0.2) is 42.3 Å². The number of amides is 3. The number of likely N-dealkylation sites (tertiary alicyclic amines) is 1. The van der Waals surface area contributed by atoms with Gasteiger partial charge in [0.15, 0.2) is 0 Å². The lowest BCUT2D eigenvalue weighted by Gasteiger charge is -2.28. The van der Waals surface area contributed by atoms with Crippen molar-refractivity contribution in [1.82, 2.24) is 10.2 Å². The van der Waals surface area contributed by atoms with E-state index < -0.39 is 6.04 Å². The third kappa shape index (κ3) is 5.46. The molecule has 3 N–H and O–H groups in total. The molecule has 1 heterocycles. The fourth-order valence-corrected chi connectivity index (χ4v) is 2.73. The van der Waals surface area contributed by atoms with E-state index in [-0.39, 0.29) is 17.7 Å². The molecule has 0 bridgehead atoms. The summed E-state index contributed by atoms with van der Waals surface area (Å²) in [6.07, 6.45) is 5.00. The topological polar surface area (TPSA) is 92.5 Å². The molecule has 1 saturated heterocycles. The summed E-state index contributed by atoms with van der Waals surface area (Å²) in [4.78, 5) is 36.3. The largest absolute Gasteiger partial charge is 0.344 e. The molecule has 0 saturated carbocycles. The third-order valence-corrected chi connectivity index (χ3v) is 4.04. The van der Waals surface area contributed by atoms with Gasteiger partial charge >= 0.3 is 0 Å². The highest BCUT2D eigenvalue weighted by atomic mass is 16.2. The van der Waals surface area contributed by atoms with Crippen molar-refractivity contribution in [3.8, 4) is 0 Å². The minimum atomic E-state index is -0.556. The van der Waals surface area contributed by atoms with Gasteiger partial charge in [0.1, 0.15) is 6.04 Å². The van der Waals surface area contributed by atoms with Crippen molar-refractivity contribution in [1.29, 1.82) is 0 Å². The second kappa shape index (κ2) is 8.77. The highest BCUT2D eigenvalue weighted by Gasteiger charge is 2.32. The van der Waals surface area contributed by atoms with Gasteiger partial charge in [0.2, 0.25) is 11.8 Å². The molecule has 0 spiro atoms. The molecule has 1 rings (SSSR count). The number of rotatable bonds is 8. The number of carbonyl (C=O) groups excluding carboxylic acids is 3. The van der Waals surface area contributed by atoms with Crippen molar-refractivity contribution in [3.63, 3.8) is 0 Å². The number of nitrogens with one attached hydrogen (secondary N) is 1. The Labute approximate surface area is 126 Å². The van der Waals surface area contributed by atoms with Gasteiger partial charge in [-0.2, -0.15) is 0 Å². The van der Waals surface area contributed by atoms with Crippen LogP contribution in [0.4, 0.5) is 0 Å². The molecule has 120 valence electrons. The average Bonchev–Trinajstić information content (AvgIpc) is 2.46. The van der Waals surface area contributed by atoms with E-state index in [9.17, 15) is 14.4 Å². The molecule has 1 fully saturated rings. The van der Waals surface area contributed by atoms with Gasteiger partial charge in [0, 0.05) is 19.9 Å². The number of nitrogens with two attached hydrogens (primary N) is 1. The molecule has 3 amide bonds. The zero-order valence-corrected chi connectivity index (χ0v) is 13.1. The monoisotopic (exact) mass is 297 g/mol. The van der Waals surface area contributed by atoms with Gasteiger partial charge in [0.25, 0.3) is 5.91 Å². The number of hydrogen-bond donors (Lipinski definition) is 2. The number of hydrogen-bond acceptors (Lipinski definition) is 4. The normalized spacial score (nSPS) is 20.5. The molecule has 6 heteroatoms. The molecule has 2 unspecified atom stereocenters. The van der Waals surface area contributed by atoms with Crippen LogP contribution in [0.1, 0.15) is 51.9 Å². The minimum absolute atomic E-state index is 0.116. The predicted molar refractivity (Wildman–Crippen MR) is 80.2 cm³/mol. The quantitative estimate of drug-likeness (QED) is 0.648. The van der Waals surface area contributed by atoms with Crippen LogP contribution in [0, 0.1) is 5.92 Å². The maximum Gasteiger partial charge on any atom is 0.251 e. The lowest BCUT2D eigenvalue weighted by molar-refractivity contribution is -0.149. The lowest BCUT2D eigenvalue weighted by Crippen LogP contribution is -2.52. The summed E-state index contributed by atoms with van der Waals surface area (Å²) < 4.78 is 0. The maximum absolute atomic E-state index is 12.0. The fraction of sp³-hybridized carbons (Fsp3) is 0.800. The Bertz CT molecular complexity index is 378. The number of nitrogens with zero attached hydrogens (tertiary/aromatic N) is 1. The molecule has 0 aromatic rings. The van der Waals surface area contributed by atoms with Crippen LogP contribution in [0.3, 0.4) is 0 Å². The Morgan fingerprint density at radius 2 is 2.10 bits per heavy atom. The Hall–Kier alpha value is -1.43. The Morgan fingerprint density at radius 3 is 2.71 bits per heavy atom. The molecule has 0 aromatic carbocycles. The number of imide groups is 1. The maximum atomic E-state index is 12.0. The Balaban J connectivity index is 2.39. The fourth-order valence-electron chi connectivity index (χ4n) is 2.73. The first-order chi connectivity index (χ1) is 9.99. The SMILES string of the molecule is CCCC(CCN)CCC(=O)NC1CCC(=O)N(C)C1=O. The Morgan fingerprint density at radius 1 is 1.38 bits per heavy atom. The summed E-state index contributed by atoms with van der Waals surface area (Å²) in [6, 6.07) is -0.556. The number of carbonyl (C=O) groups is 3. The summed E-state index contributed by atoms with van der Waals surface area (Å²) in [5.41, 5.74) is 5.58. The van der Waals surface area contributed by atoms with Crippen LogP contribution in [0.25, 0.3) is 0 Å². The van der Waals surface area contributed by atoms with E-state index in [2.05, 4.69) is 12.2 Å². The van der Waals surface area contributed by atoms with Crippen molar-refractivity contribution in [2.45, 2.75) is 57.9 Å². The highest BCUT2D eigenvalue weighted by molar-refractivity contribution is 6.01. The van der Waals surface area contributed by atoms with E-state index in [1.165, 1.54) is 7.05 Å². The van der Waals surface area contributed by atoms with Gasteiger partial charge in [-0.1, -0.05) is 19.8 Å². The summed E-state index contributed by atoms with van der Waals surface area (Å²) in [5.74, 6) is -0.144. The molecular weight excluding hydrogens is 270 g/mol. The van der Waals surface area contributed by atoms with E-state index >= 15 is 0 Å². The molecule has 1 aliphatic rings. The molecule has 0 radical (unpaired) electrons. The van der Waals surface area contributed by atoms with E-state index in [1.54, 1.807) is 0 Å². The molecular formula is C15H27N3O3. The van der Waals surface area contributed by atoms with E-state index in [1.807, 2.05) is 0 Å². The van der Waals surface area contributed by atoms with Crippen molar-refractivity contribution >= 4 is 17.7 Å². The van der Waals surface area contributed by atoms with Crippen LogP contribution in [-0.2, 0) is 14.4 Å². The summed E-state index contributed by atoms with van der Waals surface area (Å²) in [5, 5.41) is 2.75. The highest BCUT2D eigenvalue weighted by Crippen LogP contribution is 2.17. The standard InChI is InChI=1S/C15H27N3O3/c1-3-4-11(9-10-16)5-7-13(19)17-12-6-8-14(20)18(2)15(12)21/h11-12H,3-10,16H2,1-2H3,(H,17,19). The summed E-state index contributed by atoms with van der Waals surface area (Å²) in [6.45, 7) is 2.76. The third-order valence-electron chi connectivity index (χ3n) is 4.04. The molecule has 0 aromatic heterocycles. The summed E-state index contributed by atoms with van der Waals surface area (Å²) >= 11 is 0. The molecule has 21 heavy (non-hydrogen) atoms. The number of piperidine rings is 1. The van der Waals surface area contributed by atoms with Gasteiger partial charge in [-0.05, 0) is 31.7 Å². The van der Waals surface area contributed by atoms with Crippen molar-refractivity contribution in [2.75, 3.05) is 13.6 Å². The molecule has 0 aliphatic carbocycles. The van der Waals surface area contributed by atoms with E-state index in [0.29, 0.717) is 31.7 Å². The molecule has 6 nitrogen and oxygen atoms in total. The molecule has 1 aliphatic heterocycles. The minimum Gasteiger partial charge on any atom is -0.344 e. The van der Waals surface area contributed by atoms with E-state index in [0.717, 1.165) is 30.6 Å². The average molecular weight is 297 g/mol.